The van der Waals surface area contributed by atoms with Gasteiger partial charge in [0.1, 0.15) is 11.0 Å². The van der Waals surface area contributed by atoms with Gasteiger partial charge in [0.05, 0.1) is 21.3 Å². The van der Waals surface area contributed by atoms with Gasteiger partial charge in [-0.25, -0.2) is 14.2 Å². The van der Waals surface area contributed by atoms with E-state index in [0.29, 0.717) is 0 Å². The van der Waals surface area contributed by atoms with Crippen molar-refractivity contribution in [2.24, 2.45) is 0 Å². The number of esters is 1. The summed E-state index contributed by atoms with van der Waals surface area (Å²) >= 11 is 17.1. The van der Waals surface area contributed by atoms with Crippen molar-refractivity contribution in [1.82, 2.24) is 4.98 Å². The molecule has 0 saturated heterocycles. The van der Waals surface area contributed by atoms with E-state index in [2.05, 4.69) is 10.3 Å². The van der Waals surface area contributed by atoms with Crippen molar-refractivity contribution in [3.63, 3.8) is 0 Å². The predicted octanol–water partition coefficient (Wildman–Crippen LogP) is 3.98. The number of carbonyl (C=O) groups is 2. The van der Waals surface area contributed by atoms with Gasteiger partial charge in [0.2, 0.25) is 0 Å². The van der Waals surface area contributed by atoms with Crippen LogP contribution in [-0.4, -0.2) is 23.5 Å². The van der Waals surface area contributed by atoms with Gasteiger partial charge < -0.3 is 10.1 Å². The van der Waals surface area contributed by atoms with Crippen LogP contribution in [0.25, 0.3) is 0 Å². The van der Waals surface area contributed by atoms with Crippen molar-refractivity contribution in [3.05, 3.63) is 57.0 Å². The van der Waals surface area contributed by atoms with Gasteiger partial charge >= 0.3 is 5.97 Å². The molecule has 9 heteroatoms. The number of pyridine rings is 1. The molecule has 0 bridgehead atoms. The molecule has 0 aliphatic carbocycles. The van der Waals surface area contributed by atoms with E-state index in [0.717, 1.165) is 12.1 Å². The lowest BCUT2D eigenvalue weighted by Crippen LogP contribution is -2.21. The fraction of sp³-hybridized carbons (Fsp3) is 0.0714. The van der Waals surface area contributed by atoms with Crippen LogP contribution in [-0.2, 0) is 9.53 Å². The van der Waals surface area contributed by atoms with Crippen molar-refractivity contribution >= 4 is 52.4 Å². The molecule has 23 heavy (non-hydrogen) atoms. The molecule has 120 valence electrons. The number of hydrogen-bond donors (Lipinski definition) is 1. The van der Waals surface area contributed by atoms with Gasteiger partial charge in [0.15, 0.2) is 6.61 Å². The number of carbonyl (C=O) groups excluding carboxylic acids is 2. The number of halogens is 4. The Balaban J connectivity index is 1.93. The molecule has 2 rings (SSSR count). The minimum absolute atomic E-state index is 0.0263. The standard InChI is InChI=1S/C14H8Cl3FN2O3/c15-9-4-8(18)1-2-11(9)20-12(21)6-23-14(22)7-3-10(16)13(17)19-5-7/h1-5H,6H2,(H,20,21). The molecule has 0 fully saturated rings. The molecule has 5 nitrogen and oxygen atoms in total. The molecule has 1 amide bonds. The zero-order valence-electron chi connectivity index (χ0n) is 11.3. The lowest BCUT2D eigenvalue weighted by atomic mass is 10.3. The Labute approximate surface area is 145 Å². The Kier molecular flexibility index (Phi) is 5.76. The minimum atomic E-state index is -0.795. The number of benzene rings is 1. The molecular formula is C14H8Cl3FN2O3. The second-order valence-electron chi connectivity index (χ2n) is 4.25. The van der Waals surface area contributed by atoms with E-state index in [4.69, 9.17) is 39.5 Å². The highest BCUT2D eigenvalue weighted by atomic mass is 35.5. The van der Waals surface area contributed by atoms with Crippen LogP contribution in [0.5, 0.6) is 0 Å². The van der Waals surface area contributed by atoms with E-state index in [1.54, 1.807) is 0 Å². The van der Waals surface area contributed by atoms with E-state index in [-0.39, 0.29) is 26.4 Å². The minimum Gasteiger partial charge on any atom is -0.452 e. The second-order valence-corrected chi connectivity index (χ2v) is 5.42. The number of nitrogens with zero attached hydrogens (tertiary/aromatic N) is 1. The van der Waals surface area contributed by atoms with Crippen LogP contribution in [0.1, 0.15) is 10.4 Å². The first-order chi connectivity index (χ1) is 10.9. The average molecular weight is 378 g/mol. The zero-order chi connectivity index (χ0) is 17.0. The molecule has 0 atom stereocenters. The smallest absolute Gasteiger partial charge is 0.340 e. The summed E-state index contributed by atoms with van der Waals surface area (Å²) < 4.78 is 17.7. The zero-order valence-corrected chi connectivity index (χ0v) is 13.5. The van der Waals surface area contributed by atoms with E-state index in [9.17, 15) is 14.0 Å². The number of hydrogen-bond acceptors (Lipinski definition) is 4. The van der Waals surface area contributed by atoms with Crippen molar-refractivity contribution < 1.29 is 18.7 Å². The number of rotatable bonds is 4. The molecule has 1 aromatic heterocycles. The summed E-state index contributed by atoms with van der Waals surface area (Å²) in [6.45, 7) is -0.563. The lowest BCUT2D eigenvalue weighted by Gasteiger charge is -2.08. The van der Waals surface area contributed by atoms with E-state index in [1.807, 2.05) is 0 Å². The van der Waals surface area contributed by atoms with Gasteiger partial charge in [0.25, 0.3) is 5.91 Å². The van der Waals surface area contributed by atoms with Crippen LogP contribution >= 0.6 is 34.8 Å². The molecule has 0 saturated carbocycles. The van der Waals surface area contributed by atoms with Gasteiger partial charge in [-0.2, -0.15) is 0 Å². The first-order valence-electron chi connectivity index (χ1n) is 6.10. The first kappa shape index (κ1) is 17.5. The highest BCUT2D eigenvalue weighted by Gasteiger charge is 2.13. The Hall–Kier alpha value is -1.89. The average Bonchev–Trinajstić information content (AvgIpc) is 2.50. The summed E-state index contributed by atoms with van der Waals surface area (Å²) in [4.78, 5) is 27.2. The third kappa shape index (κ3) is 4.79. The van der Waals surface area contributed by atoms with Gasteiger partial charge in [-0.3, -0.25) is 4.79 Å². The molecule has 1 N–H and O–H groups in total. The summed E-state index contributed by atoms with van der Waals surface area (Å²) in [5.74, 6) is -1.97. The third-order valence-electron chi connectivity index (χ3n) is 2.57. The van der Waals surface area contributed by atoms with Crippen molar-refractivity contribution in [3.8, 4) is 0 Å². The Morgan fingerprint density at radius 2 is 1.91 bits per heavy atom. The summed E-state index contributed by atoms with van der Waals surface area (Å²) in [5, 5.41) is 2.55. The lowest BCUT2D eigenvalue weighted by molar-refractivity contribution is -0.119. The van der Waals surface area contributed by atoms with Crippen LogP contribution in [0.2, 0.25) is 15.2 Å². The largest absolute Gasteiger partial charge is 0.452 e. The number of nitrogens with one attached hydrogen (secondary N) is 1. The number of ether oxygens (including phenoxy) is 1. The fourth-order valence-corrected chi connectivity index (χ4v) is 2.01. The normalized spacial score (nSPS) is 10.3. The third-order valence-corrected chi connectivity index (χ3v) is 3.57. The maximum atomic E-state index is 12.9. The van der Waals surface area contributed by atoms with Gasteiger partial charge in [-0.15, -0.1) is 0 Å². The Bertz CT molecular complexity index is 771. The van der Waals surface area contributed by atoms with Crippen LogP contribution in [0, 0.1) is 5.82 Å². The maximum absolute atomic E-state index is 12.9. The van der Waals surface area contributed by atoms with Crippen molar-refractivity contribution in [2.75, 3.05) is 11.9 Å². The number of anilines is 1. The topological polar surface area (TPSA) is 68.3 Å². The summed E-state index contributed by atoms with van der Waals surface area (Å²) in [6, 6.07) is 4.74. The maximum Gasteiger partial charge on any atom is 0.340 e. The van der Waals surface area contributed by atoms with Crippen molar-refractivity contribution in [2.45, 2.75) is 0 Å². The molecule has 0 spiro atoms. The monoisotopic (exact) mass is 376 g/mol. The van der Waals surface area contributed by atoms with Gasteiger partial charge in [-0.05, 0) is 24.3 Å². The molecule has 0 aliphatic heterocycles. The molecule has 0 radical (unpaired) electrons. The number of amides is 1. The molecular weight excluding hydrogens is 370 g/mol. The fourth-order valence-electron chi connectivity index (χ4n) is 1.52. The summed E-state index contributed by atoms with van der Waals surface area (Å²) in [5.41, 5.74) is 0.248. The molecule has 1 heterocycles. The van der Waals surface area contributed by atoms with E-state index >= 15 is 0 Å². The van der Waals surface area contributed by atoms with E-state index < -0.39 is 24.3 Å². The first-order valence-corrected chi connectivity index (χ1v) is 7.23. The van der Waals surface area contributed by atoms with Crippen LogP contribution in [0.3, 0.4) is 0 Å². The van der Waals surface area contributed by atoms with Crippen LogP contribution in [0.4, 0.5) is 10.1 Å². The predicted molar refractivity (Wildman–Crippen MR) is 84.6 cm³/mol. The van der Waals surface area contributed by atoms with Gasteiger partial charge in [0, 0.05) is 6.20 Å². The SMILES string of the molecule is O=C(COC(=O)c1cnc(Cl)c(Cl)c1)Nc1ccc(F)cc1Cl. The molecule has 0 aliphatic rings. The second kappa shape index (κ2) is 7.59. The molecule has 0 unspecified atom stereocenters. The van der Waals surface area contributed by atoms with Crippen LogP contribution in [0.15, 0.2) is 30.5 Å². The van der Waals surface area contributed by atoms with E-state index in [1.165, 1.54) is 18.3 Å². The highest BCUT2D eigenvalue weighted by Crippen LogP contribution is 2.22. The summed E-state index contributed by atoms with van der Waals surface area (Å²) in [7, 11) is 0. The summed E-state index contributed by atoms with van der Waals surface area (Å²) in [6.07, 6.45) is 1.17. The Morgan fingerprint density at radius 3 is 2.57 bits per heavy atom. The van der Waals surface area contributed by atoms with Gasteiger partial charge in [-0.1, -0.05) is 34.8 Å². The van der Waals surface area contributed by atoms with Crippen molar-refractivity contribution in [1.29, 1.82) is 0 Å². The number of aromatic nitrogens is 1. The quantitative estimate of drug-likeness (QED) is 0.646. The Morgan fingerprint density at radius 1 is 1.17 bits per heavy atom. The molecule has 2 aromatic rings. The highest BCUT2D eigenvalue weighted by molar-refractivity contribution is 6.41. The van der Waals surface area contributed by atoms with Crippen LogP contribution < -0.4 is 5.32 Å². The molecule has 1 aromatic carbocycles.